The minimum atomic E-state index is -0.606. The molecule has 0 aliphatic heterocycles. The van der Waals surface area contributed by atoms with Crippen LogP contribution in [0.25, 0.3) is 0 Å². The van der Waals surface area contributed by atoms with Crippen molar-refractivity contribution in [2.45, 2.75) is 20.0 Å². The normalized spacial score (nSPS) is 11.4. The Morgan fingerprint density at radius 1 is 1.59 bits per heavy atom. The second-order valence-electron chi connectivity index (χ2n) is 3.42. The van der Waals surface area contributed by atoms with Crippen LogP contribution >= 0.6 is 0 Å². The van der Waals surface area contributed by atoms with Gasteiger partial charge < -0.3 is 4.74 Å². The van der Waals surface area contributed by atoms with Crippen LogP contribution in [0.5, 0.6) is 5.75 Å². The summed E-state index contributed by atoms with van der Waals surface area (Å²) < 4.78 is 5.28. The molecule has 0 saturated carbocycles. The number of carbonyl (C=O) groups is 1. The molecule has 0 amide bonds. The van der Waals surface area contributed by atoms with Crippen molar-refractivity contribution in [2.75, 3.05) is 0 Å². The van der Waals surface area contributed by atoms with Crippen molar-refractivity contribution < 1.29 is 14.5 Å². The van der Waals surface area contributed by atoms with Crippen molar-refractivity contribution in [3.8, 4) is 18.1 Å². The number of ketones is 1. The lowest BCUT2D eigenvalue weighted by molar-refractivity contribution is -0.385. The van der Waals surface area contributed by atoms with Crippen molar-refractivity contribution in [3.63, 3.8) is 0 Å². The van der Waals surface area contributed by atoms with Crippen LogP contribution in [0, 0.1) is 22.5 Å². The van der Waals surface area contributed by atoms with Crippen LogP contribution in [-0.4, -0.2) is 16.8 Å². The molecule has 17 heavy (non-hydrogen) atoms. The molecule has 5 nitrogen and oxygen atoms in total. The van der Waals surface area contributed by atoms with Crippen LogP contribution in [-0.2, 0) is 0 Å². The lowest BCUT2D eigenvalue weighted by Crippen LogP contribution is -2.09. The third-order valence-corrected chi connectivity index (χ3v) is 2.09. The summed E-state index contributed by atoms with van der Waals surface area (Å²) in [4.78, 5) is 21.4. The van der Waals surface area contributed by atoms with Crippen molar-refractivity contribution >= 4 is 11.5 Å². The molecule has 1 aromatic rings. The zero-order chi connectivity index (χ0) is 13.0. The molecule has 1 rings (SSSR count). The first-order valence-electron chi connectivity index (χ1n) is 4.88. The van der Waals surface area contributed by atoms with E-state index in [1.54, 1.807) is 6.92 Å². The van der Waals surface area contributed by atoms with Gasteiger partial charge in [-0.05, 0) is 26.0 Å². The van der Waals surface area contributed by atoms with Crippen LogP contribution in [0.2, 0.25) is 0 Å². The molecule has 0 aliphatic rings. The van der Waals surface area contributed by atoms with Gasteiger partial charge in [-0.3, -0.25) is 14.9 Å². The number of nitro groups is 1. The molecule has 0 fully saturated rings. The summed E-state index contributed by atoms with van der Waals surface area (Å²) >= 11 is 0. The first-order chi connectivity index (χ1) is 7.95. The highest BCUT2D eigenvalue weighted by atomic mass is 16.6. The Bertz CT molecular complexity index is 502. The minimum Gasteiger partial charge on any atom is -0.478 e. The Balaban J connectivity index is 3.15. The average molecular weight is 233 g/mol. The first kappa shape index (κ1) is 12.7. The lowest BCUT2D eigenvalue weighted by atomic mass is 10.1. The number of ether oxygens (including phenoxy) is 1. The molecule has 5 heteroatoms. The SMILES string of the molecule is C#CC(C)Oc1ccc([N+](=O)[O-])c(C(C)=O)c1. The molecule has 1 atom stereocenters. The molecular formula is C12H11NO4. The molecule has 0 spiro atoms. The highest BCUT2D eigenvalue weighted by molar-refractivity contribution is 5.98. The lowest BCUT2D eigenvalue weighted by Gasteiger charge is -2.09. The van der Waals surface area contributed by atoms with E-state index in [0.29, 0.717) is 5.75 Å². The van der Waals surface area contributed by atoms with Gasteiger partial charge in [-0.15, -0.1) is 6.42 Å². The molecular weight excluding hydrogens is 222 g/mol. The third kappa shape index (κ3) is 3.05. The molecule has 0 aromatic heterocycles. The van der Waals surface area contributed by atoms with Crippen LogP contribution in [0.4, 0.5) is 5.69 Å². The molecule has 88 valence electrons. The van der Waals surface area contributed by atoms with E-state index in [9.17, 15) is 14.9 Å². The Kier molecular flexibility index (Phi) is 3.83. The maximum Gasteiger partial charge on any atom is 0.280 e. The van der Waals surface area contributed by atoms with E-state index in [0.717, 1.165) is 0 Å². The van der Waals surface area contributed by atoms with Gasteiger partial charge in [0.15, 0.2) is 11.9 Å². The fourth-order valence-corrected chi connectivity index (χ4v) is 1.27. The number of Topliss-reactive ketones (excluding diaryl/α,β-unsaturated/α-hetero) is 1. The molecule has 0 aliphatic carbocycles. The summed E-state index contributed by atoms with van der Waals surface area (Å²) in [5.41, 5.74) is -0.227. The monoisotopic (exact) mass is 233 g/mol. The van der Waals surface area contributed by atoms with Gasteiger partial charge in [-0.1, -0.05) is 5.92 Å². The minimum absolute atomic E-state index is 0.0109. The molecule has 1 unspecified atom stereocenters. The number of benzene rings is 1. The first-order valence-corrected chi connectivity index (χ1v) is 4.88. The smallest absolute Gasteiger partial charge is 0.280 e. The van der Waals surface area contributed by atoms with E-state index in [-0.39, 0.29) is 11.3 Å². The van der Waals surface area contributed by atoms with Crippen molar-refractivity contribution in [3.05, 3.63) is 33.9 Å². The fourth-order valence-electron chi connectivity index (χ4n) is 1.27. The van der Waals surface area contributed by atoms with Crippen molar-refractivity contribution in [1.29, 1.82) is 0 Å². The van der Waals surface area contributed by atoms with E-state index < -0.39 is 16.8 Å². The quantitative estimate of drug-likeness (QED) is 0.346. The van der Waals surface area contributed by atoms with Gasteiger partial charge >= 0.3 is 0 Å². The average Bonchev–Trinajstić information content (AvgIpc) is 2.28. The second-order valence-corrected chi connectivity index (χ2v) is 3.42. The Morgan fingerprint density at radius 3 is 2.71 bits per heavy atom. The van der Waals surface area contributed by atoms with E-state index in [1.165, 1.54) is 25.1 Å². The van der Waals surface area contributed by atoms with Gasteiger partial charge in [0.1, 0.15) is 5.75 Å². The van der Waals surface area contributed by atoms with E-state index >= 15 is 0 Å². The Labute approximate surface area is 98.5 Å². The zero-order valence-corrected chi connectivity index (χ0v) is 9.47. The number of nitro benzene ring substituents is 1. The topological polar surface area (TPSA) is 69.4 Å². The van der Waals surface area contributed by atoms with Gasteiger partial charge in [0.2, 0.25) is 0 Å². The van der Waals surface area contributed by atoms with Crippen LogP contribution in [0.3, 0.4) is 0 Å². The van der Waals surface area contributed by atoms with Gasteiger partial charge in [-0.25, -0.2) is 0 Å². The van der Waals surface area contributed by atoms with E-state index in [4.69, 9.17) is 11.2 Å². The van der Waals surface area contributed by atoms with Crippen LogP contribution in [0.15, 0.2) is 18.2 Å². The van der Waals surface area contributed by atoms with Crippen LogP contribution in [0.1, 0.15) is 24.2 Å². The maximum absolute atomic E-state index is 11.3. The highest BCUT2D eigenvalue weighted by Gasteiger charge is 2.18. The molecule has 1 aromatic carbocycles. The molecule has 0 saturated heterocycles. The number of hydrogen-bond donors (Lipinski definition) is 0. The van der Waals surface area contributed by atoms with Gasteiger partial charge in [0, 0.05) is 6.07 Å². The zero-order valence-electron chi connectivity index (χ0n) is 9.47. The summed E-state index contributed by atoms with van der Waals surface area (Å²) in [5.74, 6) is 2.30. The summed E-state index contributed by atoms with van der Waals surface area (Å²) in [7, 11) is 0. The maximum atomic E-state index is 11.3. The molecule has 0 bridgehead atoms. The Morgan fingerprint density at radius 2 is 2.24 bits per heavy atom. The predicted molar refractivity (Wildman–Crippen MR) is 62.0 cm³/mol. The number of hydrogen-bond acceptors (Lipinski definition) is 4. The summed E-state index contributed by atoms with van der Waals surface area (Å²) in [6, 6.07) is 3.97. The van der Waals surface area contributed by atoms with E-state index in [2.05, 4.69) is 5.92 Å². The number of nitrogens with zero attached hydrogens (tertiary/aromatic N) is 1. The molecule has 0 radical (unpaired) electrons. The van der Waals surface area contributed by atoms with Gasteiger partial charge in [0.25, 0.3) is 5.69 Å². The Hall–Kier alpha value is -2.35. The molecule has 0 N–H and O–H groups in total. The predicted octanol–water partition coefficient (Wildman–Crippen LogP) is 2.20. The summed E-state index contributed by atoms with van der Waals surface area (Å²) in [6.45, 7) is 2.92. The molecule has 0 heterocycles. The fraction of sp³-hybridized carbons (Fsp3) is 0.250. The van der Waals surface area contributed by atoms with Gasteiger partial charge in [0.05, 0.1) is 10.5 Å². The third-order valence-electron chi connectivity index (χ3n) is 2.09. The largest absolute Gasteiger partial charge is 0.478 e. The number of rotatable bonds is 4. The van der Waals surface area contributed by atoms with E-state index in [1.807, 2.05) is 0 Å². The van der Waals surface area contributed by atoms with Gasteiger partial charge in [-0.2, -0.15) is 0 Å². The summed E-state index contributed by atoms with van der Waals surface area (Å²) in [6.07, 6.45) is 4.68. The highest BCUT2D eigenvalue weighted by Crippen LogP contribution is 2.25. The van der Waals surface area contributed by atoms with Crippen molar-refractivity contribution in [1.82, 2.24) is 0 Å². The second kappa shape index (κ2) is 5.12. The standard InChI is InChI=1S/C12H11NO4/c1-4-8(2)17-10-5-6-12(13(15)16)11(7-10)9(3)14/h1,5-8H,2-3H3. The van der Waals surface area contributed by atoms with Crippen LogP contribution < -0.4 is 4.74 Å². The number of terminal acetylenes is 1. The van der Waals surface area contributed by atoms with Crippen molar-refractivity contribution in [2.24, 2.45) is 0 Å². The number of carbonyl (C=O) groups excluding carboxylic acids is 1. The summed E-state index contributed by atoms with van der Waals surface area (Å²) in [5, 5.41) is 10.7.